The van der Waals surface area contributed by atoms with Crippen molar-refractivity contribution in [3.63, 3.8) is 0 Å². The number of aromatic amines is 1. The van der Waals surface area contributed by atoms with Gasteiger partial charge in [0, 0.05) is 31.3 Å². The van der Waals surface area contributed by atoms with Crippen LogP contribution < -0.4 is 0 Å². The van der Waals surface area contributed by atoms with Crippen LogP contribution in [0.1, 0.15) is 30.5 Å². The highest BCUT2D eigenvalue weighted by molar-refractivity contribution is 5.75. The van der Waals surface area contributed by atoms with Crippen LogP contribution in [0.2, 0.25) is 0 Å². The molecule has 1 N–H and O–H groups in total. The van der Waals surface area contributed by atoms with Crippen LogP contribution in [-0.2, 0) is 17.6 Å². The van der Waals surface area contributed by atoms with E-state index in [-0.39, 0.29) is 11.7 Å². The Balaban J connectivity index is 1.38. The molecule has 0 radical (unpaired) electrons. The van der Waals surface area contributed by atoms with Gasteiger partial charge < -0.3 is 4.90 Å². The fourth-order valence-electron chi connectivity index (χ4n) is 3.17. The molecule has 0 saturated heterocycles. The van der Waals surface area contributed by atoms with E-state index in [4.69, 9.17) is 0 Å². The SMILES string of the molecule is CN(CCCc1cc(-c2ccc(F)cc2)n[nH]1)C(=O)CCCc1ccccc1. The average Bonchev–Trinajstić information content (AvgIpc) is 3.18. The summed E-state index contributed by atoms with van der Waals surface area (Å²) in [7, 11) is 1.86. The maximum atomic E-state index is 13.0. The molecule has 0 unspecified atom stereocenters. The maximum absolute atomic E-state index is 13.0. The molecule has 3 rings (SSSR count). The van der Waals surface area contributed by atoms with Gasteiger partial charge in [0.1, 0.15) is 5.82 Å². The summed E-state index contributed by atoms with van der Waals surface area (Å²) in [5.74, 6) is -0.0662. The lowest BCUT2D eigenvalue weighted by molar-refractivity contribution is -0.130. The molecule has 0 bridgehead atoms. The molecule has 0 aliphatic heterocycles. The van der Waals surface area contributed by atoms with E-state index in [1.807, 2.05) is 36.2 Å². The third-order valence-corrected chi connectivity index (χ3v) is 4.84. The molecular weight excluding hydrogens is 353 g/mol. The number of aryl methyl sites for hydroxylation is 2. The Kier molecular flexibility index (Phi) is 6.95. The van der Waals surface area contributed by atoms with Gasteiger partial charge in [0.15, 0.2) is 0 Å². The number of nitrogens with zero attached hydrogens (tertiary/aromatic N) is 2. The van der Waals surface area contributed by atoms with Gasteiger partial charge in [-0.3, -0.25) is 9.89 Å². The van der Waals surface area contributed by atoms with E-state index in [9.17, 15) is 9.18 Å². The molecule has 0 spiro atoms. The number of benzene rings is 2. The normalized spacial score (nSPS) is 10.8. The molecule has 3 aromatic rings. The van der Waals surface area contributed by atoms with Crippen molar-refractivity contribution in [2.75, 3.05) is 13.6 Å². The third-order valence-electron chi connectivity index (χ3n) is 4.84. The second-order valence-corrected chi connectivity index (χ2v) is 7.04. The fraction of sp³-hybridized carbons (Fsp3) is 0.304. The minimum absolute atomic E-state index is 0.188. The quantitative estimate of drug-likeness (QED) is 0.589. The van der Waals surface area contributed by atoms with E-state index in [0.29, 0.717) is 6.42 Å². The number of hydrogen-bond acceptors (Lipinski definition) is 2. The van der Waals surface area contributed by atoms with Crippen LogP contribution in [0.3, 0.4) is 0 Å². The molecule has 28 heavy (non-hydrogen) atoms. The number of H-pyrrole nitrogens is 1. The second-order valence-electron chi connectivity index (χ2n) is 7.04. The summed E-state index contributed by atoms with van der Waals surface area (Å²) in [5.41, 5.74) is 3.98. The first-order valence-electron chi connectivity index (χ1n) is 9.70. The number of halogens is 1. The van der Waals surface area contributed by atoms with Crippen LogP contribution in [0.4, 0.5) is 4.39 Å². The molecule has 2 aromatic carbocycles. The summed E-state index contributed by atoms with van der Waals surface area (Å²) in [6.07, 6.45) is 4.06. The molecule has 4 nitrogen and oxygen atoms in total. The number of aromatic nitrogens is 2. The third kappa shape index (κ3) is 5.78. The molecule has 0 aliphatic carbocycles. The number of carbonyl (C=O) groups is 1. The lowest BCUT2D eigenvalue weighted by atomic mass is 10.1. The zero-order valence-corrected chi connectivity index (χ0v) is 16.2. The number of amides is 1. The highest BCUT2D eigenvalue weighted by Gasteiger charge is 2.09. The Labute approximate surface area is 165 Å². The summed E-state index contributed by atoms with van der Waals surface area (Å²) in [6.45, 7) is 0.717. The zero-order valence-electron chi connectivity index (χ0n) is 16.2. The Hall–Kier alpha value is -2.95. The predicted octanol–water partition coefficient (Wildman–Crippen LogP) is 4.63. The molecule has 0 atom stereocenters. The molecule has 5 heteroatoms. The first-order valence-corrected chi connectivity index (χ1v) is 9.70. The van der Waals surface area contributed by atoms with Crippen LogP contribution in [0.5, 0.6) is 0 Å². The van der Waals surface area contributed by atoms with Crippen LogP contribution in [0.15, 0.2) is 60.7 Å². The van der Waals surface area contributed by atoms with Crippen molar-refractivity contribution in [2.45, 2.75) is 32.1 Å². The summed E-state index contributed by atoms with van der Waals surface area (Å²) < 4.78 is 13.0. The van der Waals surface area contributed by atoms with Crippen LogP contribution in [0.25, 0.3) is 11.3 Å². The summed E-state index contributed by atoms with van der Waals surface area (Å²) in [5, 5.41) is 7.32. The van der Waals surface area contributed by atoms with Crippen molar-refractivity contribution in [1.82, 2.24) is 15.1 Å². The number of rotatable bonds is 9. The Bertz CT molecular complexity index is 874. The van der Waals surface area contributed by atoms with Gasteiger partial charge in [-0.2, -0.15) is 5.10 Å². The van der Waals surface area contributed by atoms with Crippen molar-refractivity contribution in [3.05, 3.63) is 77.7 Å². The molecule has 1 amide bonds. The highest BCUT2D eigenvalue weighted by Crippen LogP contribution is 2.18. The zero-order chi connectivity index (χ0) is 19.8. The number of carbonyl (C=O) groups excluding carboxylic acids is 1. The Morgan fingerprint density at radius 1 is 1.04 bits per heavy atom. The lowest BCUT2D eigenvalue weighted by Crippen LogP contribution is -2.27. The van der Waals surface area contributed by atoms with E-state index in [1.54, 1.807) is 12.1 Å². The topological polar surface area (TPSA) is 49.0 Å². The van der Waals surface area contributed by atoms with Crippen LogP contribution in [0, 0.1) is 5.82 Å². The monoisotopic (exact) mass is 379 g/mol. The van der Waals surface area contributed by atoms with E-state index in [1.165, 1.54) is 17.7 Å². The van der Waals surface area contributed by atoms with Crippen LogP contribution >= 0.6 is 0 Å². The van der Waals surface area contributed by atoms with Gasteiger partial charge in [-0.1, -0.05) is 30.3 Å². The second kappa shape index (κ2) is 9.83. The van der Waals surface area contributed by atoms with E-state index in [2.05, 4.69) is 22.3 Å². The number of nitrogens with one attached hydrogen (secondary N) is 1. The van der Waals surface area contributed by atoms with Gasteiger partial charge in [0.2, 0.25) is 5.91 Å². The van der Waals surface area contributed by atoms with E-state index in [0.717, 1.165) is 49.2 Å². The fourth-order valence-corrected chi connectivity index (χ4v) is 3.17. The van der Waals surface area contributed by atoms with Crippen molar-refractivity contribution in [3.8, 4) is 11.3 Å². The van der Waals surface area contributed by atoms with E-state index < -0.39 is 0 Å². The van der Waals surface area contributed by atoms with Gasteiger partial charge >= 0.3 is 0 Å². The minimum atomic E-state index is -0.254. The predicted molar refractivity (Wildman–Crippen MR) is 109 cm³/mol. The molecule has 0 fully saturated rings. The highest BCUT2D eigenvalue weighted by atomic mass is 19.1. The van der Waals surface area contributed by atoms with Crippen molar-refractivity contribution >= 4 is 5.91 Å². The van der Waals surface area contributed by atoms with Gasteiger partial charge in [-0.15, -0.1) is 0 Å². The Morgan fingerprint density at radius 2 is 1.79 bits per heavy atom. The number of hydrogen-bond donors (Lipinski definition) is 1. The standard InChI is InChI=1S/C23H26FN3O/c1-27(23(28)11-5-9-18-7-3-2-4-8-18)16-6-10-21-17-22(26-25-21)19-12-14-20(24)15-13-19/h2-4,7-8,12-15,17H,5-6,9-11,16H2,1H3,(H,25,26). The minimum Gasteiger partial charge on any atom is -0.346 e. The first kappa shape index (κ1) is 19.8. The van der Waals surface area contributed by atoms with Crippen molar-refractivity contribution in [1.29, 1.82) is 0 Å². The first-order chi connectivity index (χ1) is 13.6. The van der Waals surface area contributed by atoms with Crippen molar-refractivity contribution < 1.29 is 9.18 Å². The smallest absolute Gasteiger partial charge is 0.222 e. The molecular formula is C23H26FN3O. The molecule has 1 heterocycles. The molecule has 146 valence electrons. The Morgan fingerprint density at radius 3 is 2.54 bits per heavy atom. The summed E-state index contributed by atoms with van der Waals surface area (Å²) in [6, 6.07) is 18.5. The van der Waals surface area contributed by atoms with Gasteiger partial charge in [0.25, 0.3) is 0 Å². The maximum Gasteiger partial charge on any atom is 0.222 e. The average molecular weight is 379 g/mol. The van der Waals surface area contributed by atoms with Crippen molar-refractivity contribution in [2.24, 2.45) is 0 Å². The summed E-state index contributed by atoms with van der Waals surface area (Å²) >= 11 is 0. The van der Waals surface area contributed by atoms with Gasteiger partial charge in [-0.05, 0) is 61.6 Å². The van der Waals surface area contributed by atoms with Crippen LogP contribution in [-0.4, -0.2) is 34.6 Å². The molecule has 0 aliphatic rings. The molecule has 1 aromatic heterocycles. The largest absolute Gasteiger partial charge is 0.346 e. The van der Waals surface area contributed by atoms with Gasteiger partial charge in [-0.25, -0.2) is 4.39 Å². The van der Waals surface area contributed by atoms with Gasteiger partial charge in [0.05, 0.1) is 5.69 Å². The lowest BCUT2D eigenvalue weighted by Gasteiger charge is -2.16. The molecule has 0 saturated carbocycles. The summed E-state index contributed by atoms with van der Waals surface area (Å²) in [4.78, 5) is 14.1. The van der Waals surface area contributed by atoms with E-state index >= 15 is 0 Å².